The molecule has 0 N–H and O–H groups in total. The van der Waals surface area contributed by atoms with Gasteiger partial charge in [-0.1, -0.05) is 23.7 Å². The second-order valence-corrected chi connectivity index (χ2v) is 4.29. The van der Waals surface area contributed by atoms with E-state index in [9.17, 15) is 9.59 Å². The van der Waals surface area contributed by atoms with Crippen molar-refractivity contribution in [2.45, 2.75) is 6.92 Å². The van der Waals surface area contributed by atoms with E-state index in [1.54, 1.807) is 43.1 Å². The molecular formula is C14H16ClNO3. The van der Waals surface area contributed by atoms with Crippen LogP contribution >= 0.6 is 11.6 Å². The van der Waals surface area contributed by atoms with E-state index in [4.69, 9.17) is 16.3 Å². The highest BCUT2D eigenvalue weighted by atomic mass is 35.5. The van der Waals surface area contributed by atoms with Gasteiger partial charge in [0.1, 0.15) is 0 Å². The minimum absolute atomic E-state index is 0.110. The lowest BCUT2D eigenvalue weighted by Crippen LogP contribution is -2.21. The zero-order chi connectivity index (χ0) is 14.3. The molecular weight excluding hydrogens is 266 g/mol. The van der Waals surface area contributed by atoms with Crippen LogP contribution in [0, 0.1) is 0 Å². The Morgan fingerprint density at radius 3 is 2.68 bits per heavy atom. The predicted octanol–water partition coefficient (Wildman–Crippen LogP) is 2.53. The topological polar surface area (TPSA) is 46.6 Å². The summed E-state index contributed by atoms with van der Waals surface area (Å²) in [6.45, 7) is 2.20. The van der Waals surface area contributed by atoms with Crippen LogP contribution in [0.2, 0.25) is 5.02 Å². The van der Waals surface area contributed by atoms with E-state index in [0.29, 0.717) is 17.2 Å². The Labute approximate surface area is 117 Å². The number of halogens is 1. The molecule has 0 saturated carbocycles. The van der Waals surface area contributed by atoms with Crippen LogP contribution in [0.1, 0.15) is 17.3 Å². The van der Waals surface area contributed by atoms with E-state index in [1.165, 1.54) is 12.3 Å². The molecule has 102 valence electrons. The summed E-state index contributed by atoms with van der Waals surface area (Å²) in [4.78, 5) is 24.7. The second kappa shape index (κ2) is 7.59. The number of esters is 1. The fourth-order valence-electron chi connectivity index (χ4n) is 1.43. The highest BCUT2D eigenvalue weighted by Gasteiger charge is 2.10. The first-order chi connectivity index (χ1) is 9.04. The molecule has 0 amide bonds. The monoisotopic (exact) mass is 281 g/mol. The number of rotatable bonds is 6. The van der Waals surface area contributed by atoms with Crippen molar-refractivity contribution in [3.05, 3.63) is 47.1 Å². The molecule has 0 spiro atoms. The van der Waals surface area contributed by atoms with Crippen LogP contribution in [0.3, 0.4) is 0 Å². The smallest absolute Gasteiger partial charge is 0.332 e. The van der Waals surface area contributed by atoms with Crippen molar-refractivity contribution in [1.29, 1.82) is 0 Å². The summed E-state index contributed by atoms with van der Waals surface area (Å²) >= 11 is 5.94. The molecule has 0 radical (unpaired) electrons. The average molecular weight is 282 g/mol. The summed E-state index contributed by atoms with van der Waals surface area (Å²) in [5, 5.41) is 0.426. The normalized spacial score (nSPS) is 10.5. The lowest BCUT2D eigenvalue weighted by atomic mass is 10.1. The standard InChI is InChI=1S/C14H16ClNO3/c1-3-19-14(18)8-9-16(2)10-13(17)11-6-4-5-7-12(11)15/h4-9H,3,10H2,1-2H3/b9-8+. The zero-order valence-electron chi connectivity index (χ0n) is 10.9. The maximum atomic E-state index is 12.0. The van der Waals surface area contributed by atoms with Crippen LogP contribution in [0.25, 0.3) is 0 Å². The van der Waals surface area contributed by atoms with Crippen molar-refractivity contribution in [2.24, 2.45) is 0 Å². The number of Topliss-reactive ketones (excluding diaryl/α,β-unsaturated/α-hetero) is 1. The summed E-state index contributed by atoms with van der Waals surface area (Å²) in [7, 11) is 1.70. The summed E-state index contributed by atoms with van der Waals surface area (Å²) in [6, 6.07) is 6.87. The average Bonchev–Trinajstić information content (AvgIpc) is 2.37. The Morgan fingerprint density at radius 2 is 2.05 bits per heavy atom. The minimum Gasteiger partial charge on any atom is -0.463 e. The second-order valence-electron chi connectivity index (χ2n) is 3.89. The maximum absolute atomic E-state index is 12.0. The van der Waals surface area contributed by atoms with Gasteiger partial charge in [0.2, 0.25) is 0 Å². The van der Waals surface area contributed by atoms with E-state index >= 15 is 0 Å². The molecule has 0 saturated heterocycles. The van der Waals surface area contributed by atoms with Crippen molar-refractivity contribution in [1.82, 2.24) is 4.90 Å². The van der Waals surface area contributed by atoms with Crippen LogP contribution in [0.15, 0.2) is 36.5 Å². The van der Waals surface area contributed by atoms with Gasteiger partial charge in [0, 0.05) is 24.9 Å². The Hall–Kier alpha value is -1.81. The third kappa shape index (κ3) is 5.14. The van der Waals surface area contributed by atoms with Crippen molar-refractivity contribution < 1.29 is 14.3 Å². The number of nitrogens with zero attached hydrogens (tertiary/aromatic N) is 1. The molecule has 1 aromatic rings. The molecule has 1 rings (SSSR count). The maximum Gasteiger partial charge on any atom is 0.332 e. The van der Waals surface area contributed by atoms with Crippen LogP contribution in [0.4, 0.5) is 0 Å². The van der Waals surface area contributed by atoms with Gasteiger partial charge in [-0.15, -0.1) is 0 Å². The molecule has 0 aliphatic heterocycles. The lowest BCUT2D eigenvalue weighted by Gasteiger charge is -2.13. The fourth-order valence-corrected chi connectivity index (χ4v) is 1.67. The number of carbonyl (C=O) groups excluding carboxylic acids is 2. The molecule has 0 atom stereocenters. The largest absolute Gasteiger partial charge is 0.463 e. The van der Waals surface area contributed by atoms with E-state index in [2.05, 4.69) is 0 Å². The van der Waals surface area contributed by atoms with Gasteiger partial charge in [0.25, 0.3) is 0 Å². The fraction of sp³-hybridized carbons (Fsp3) is 0.286. The third-order valence-corrected chi connectivity index (χ3v) is 2.65. The Morgan fingerprint density at radius 1 is 1.37 bits per heavy atom. The van der Waals surface area contributed by atoms with Crippen LogP contribution in [0.5, 0.6) is 0 Å². The SMILES string of the molecule is CCOC(=O)/C=C/N(C)CC(=O)c1ccccc1Cl. The summed E-state index contributed by atoms with van der Waals surface area (Å²) in [5.41, 5.74) is 0.473. The van der Waals surface area contributed by atoms with Crippen LogP contribution in [-0.4, -0.2) is 36.9 Å². The van der Waals surface area contributed by atoms with Gasteiger partial charge in [-0.05, 0) is 19.1 Å². The van der Waals surface area contributed by atoms with E-state index < -0.39 is 5.97 Å². The van der Waals surface area contributed by atoms with Gasteiger partial charge in [-0.25, -0.2) is 4.79 Å². The minimum atomic E-state index is -0.431. The number of carbonyl (C=O) groups is 2. The first-order valence-corrected chi connectivity index (χ1v) is 6.25. The highest BCUT2D eigenvalue weighted by Crippen LogP contribution is 2.15. The molecule has 0 aliphatic rings. The number of ketones is 1. The van der Waals surface area contributed by atoms with Gasteiger partial charge in [-0.3, -0.25) is 4.79 Å². The zero-order valence-corrected chi connectivity index (χ0v) is 11.7. The van der Waals surface area contributed by atoms with Crippen molar-refractivity contribution in [2.75, 3.05) is 20.2 Å². The van der Waals surface area contributed by atoms with Gasteiger partial charge < -0.3 is 9.64 Å². The molecule has 0 aliphatic carbocycles. The van der Waals surface area contributed by atoms with E-state index in [1.807, 2.05) is 0 Å². The number of hydrogen-bond donors (Lipinski definition) is 0. The van der Waals surface area contributed by atoms with Crippen LogP contribution in [-0.2, 0) is 9.53 Å². The van der Waals surface area contributed by atoms with Crippen molar-refractivity contribution in [3.63, 3.8) is 0 Å². The summed E-state index contributed by atoms with van der Waals surface area (Å²) in [5.74, 6) is -0.541. The van der Waals surface area contributed by atoms with Crippen LogP contribution < -0.4 is 0 Å². The molecule has 0 heterocycles. The van der Waals surface area contributed by atoms with E-state index in [-0.39, 0.29) is 12.3 Å². The molecule has 0 bridgehead atoms. The number of benzene rings is 1. The van der Waals surface area contributed by atoms with Gasteiger partial charge in [-0.2, -0.15) is 0 Å². The predicted molar refractivity (Wildman–Crippen MR) is 74.2 cm³/mol. The van der Waals surface area contributed by atoms with Crippen molar-refractivity contribution in [3.8, 4) is 0 Å². The van der Waals surface area contributed by atoms with Gasteiger partial charge >= 0.3 is 5.97 Å². The molecule has 4 nitrogen and oxygen atoms in total. The first-order valence-electron chi connectivity index (χ1n) is 5.87. The molecule has 19 heavy (non-hydrogen) atoms. The van der Waals surface area contributed by atoms with Crippen molar-refractivity contribution >= 4 is 23.4 Å². The Balaban J connectivity index is 2.58. The molecule has 0 aromatic heterocycles. The Bertz CT molecular complexity index is 485. The highest BCUT2D eigenvalue weighted by molar-refractivity contribution is 6.34. The van der Waals surface area contributed by atoms with Gasteiger partial charge in [0.05, 0.1) is 18.2 Å². The molecule has 5 heteroatoms. The summed E-state index contributed by atoms with van der Waals surface area (Å²) in [6.07, 6.45) is 2.79. The third-order valence-electron chi connectivity index (χ3n) is 2.32. The number of ether oxygens (including phenoxy) is 1. The Kier molecular flexibility index (Phi) is 6.09. The summed E-state index contributed by atoms with van der Waals surface area (Å²) < 4.78 is 4.74. The molecule has 0 unspecified atom stereocenters. The van der Waals surface area contributed by atoms with E-state index in [0.717, 1.165) is 0 Å². The molecule has 0 fully saturated rings. The first kappa shape index (κ1) is 15.2. The lowest BCUT2D eigenvalue weighted by molar-refractivity contribution is -0.137. The number of hydrogen-bond acceptors (Lipinski definition) is 4. The van der Waals surface area contributed by atoms with Gasteiger partial charge in [0.15, 0.2) is 5.78 Å². The quantitative estimate of drug-likeness (QED) is 0.457. The molecule has 1 aromatic carbocycles. The number of likely N-dealkylation sites (N-methyl/N-ethyl adjacent to an activating group) is 1.